The average Bonchev–Trinajstić information content (AvgIpc) is 2.99. The van der Waals surface area contributed by atoms with Gasteiger partial charge < -0.3 is 18.7 Å². The third-order valence-corrected chi connectivity index (χ3v) is 3.64. The van der Waals surface area contributed by atoms with E-state index < -0.39 is 18.0 Å². The molecule has 0 saturated heterocycles. The van der Waals surface area contributed by atoms with Crippen LogP contribution in [0.1, 0.15) is 23.0 Å². The monoisotopic (exact) mass is 366 g/mol. The Kier molecular flexibility index (Phi) is 4.80. The van der Waals surface area contributed by atoms with E-state index in [2.05, 4.69) is 10.5 Å². The van der Waals surface area contributed by atoms with Crippen molar-refractivity contribution in [2.24, 2.45) is 0 Å². The first kappa shape index (κ1) is 17.1. The predicted molar refractivity (Wildman–Crippen MR) is 87.2 cm³/mol. The number of nitrogens with one attached hydrogen (secondary N) is 1. The zero-order valence-corrected chi connectivity index (χ0v) is 14.3. The third-order valence-electron chi connectivity index (χ3n) is 3.36. The van der Waals surface area contributed by atoms with E-state index in [1.165, 1.54) is 19.1 Å². The van der Waals surface area contributed by atoms with E-state index in [9.17, 15) is 9.59 Å². The van der Waals surface area contributed by atoms with E-state index in [0.717, 1.165) is 0 Å². The van der Waals surface area contributed by atoms with Crippen LogP contribution in [-0.4, -0.2) is 36.4 Å². The van der Waals surface area contributed by atoms with E-state index in [1.807, 2.05) is 0 Å². The fourth-order valence-electron chi connectivity index (χ4n) is 2.16. The predicted octanol–water partition coefficient (Wildman–Crippen LogP) is 2.59. The number of aryl methyl sites for hydroxylation is 1. The summed E-state index contributed by atoms with van der Waals surface area (Å²) in [5.41, 5.74) is 0.773. The van der Waals surface area contributed by atoms with Gasteiger partial charge in [0.1, 0.15) is 13.2 Å². The normalized spacial score (nSPS) is 13.9. The lowest BCUT2D eigenvalue weighted by Crippen LogP contribution is -2.30. The van der Waals surface area contributed by atoms with Crippen LogP contribution in [0.15, 0.2) is 22.7 Å². The summed E-state index contributed by atoms with van der Waals surface area (Å²) in [5.74, 6) is -0.341. The van der Waals surface area contributed by atoms with Crippen LogP contribution in [0.2, 0.25) is 5.02 Å². The molecule has 0 aliphatic carbocycles. The minimum absolute atomic E-state index is 0.157. The van der Waals surface area contributed by atoms with Crippen LogP contribution >= 0.6 is 11.6 Å². The van der Waals surface area contributed by atoms with Crippen LogP contribution in [-0.2, 0) is 9.53 Å². The number of aromatic nitrogens is 1. The highest BCUT2D eigenvalue weighted by molar-refractivity contribution is 6.32. The number of carbonyl (C=O) groups is 2. The molecule has 25 heavy (non-hydrogen) atoms. The van der Waals surface area contributed by atoms with Crippen LogP contribution in [0.4, 0.5) is 5.88 Å². The van der Waals surface area contributed by atoms with Crippen molar-refractivity contribution < 1.29 is 28.3 Å². The summed E-state index contributed by atoms with van der Waals surface area (Å²) in [4.78, 5) is 24.3. The molecule has 1 aromatic carbocycles. The molecule has 2 heterocycles. The molecule has 1 amide bonds. The summed E-state index contributed by atoms with van der Waals surface area (Å²) in [5, 5.41) is 6.35. The van der Waals surface area contributed by atoms with Gasteiger partial charge in [0, 0.05) is 6.07 Å². The lowest BCUT2D eigenvalue weighted by Gasteiger charge is -2.20. The zero-order chi connectivity index (χ0) is 18.0. The van der Waals surface area contributed by atoms with Crippen molar-refractivity contribution in [3.63, 3.8) is 0 Å². The Hall–Kier alpha value is -2.74. The number of esters is 1. The van der Waals surface area contributed by atoms with E-state index in [-0.39, 0.29) is 16.5 Å². The van der Waals surface area contributed by atoms with Gasteiger partial charge in [0.25, 0.3) is 5.91 Å². The first-order chi connectivity index (χ1) is 11.9. The van der Waals surface area contributed by atoms with E-state index >= 15 is 0 Å². The standard InChI is InChI=1S/C16H15ClN2O6/c1-8-5-13(25-19-8)18-15(20)9(2)24-16(21)10-6-11(17)14-12(7-10)22-3-4-23-14/h5-7,9H,3-4H2,1-2H3,(H,18,20). The van der Waals surface area contributed by atoms with E-state index in [4.69, 9.17) is 30.3 Å². The second-order valence-corrected chi connectivity index (χ2v) is 5.76. The van der Waals surface area contributed by atoms with Gasteiger partial charge in [0.2, 0.25) is 5.88 Å². The molecule has 132 valence electrons. The molecule has 1 unspecified atom stereocenters. The zero-order valence-electron chi connectivity index (χ0n) is 13.5. The third kappa shape index (κ3) is 3.85. The fourth-order valence-corrected chi connectivity index (χ4v) is 2.42. The average molecular weight is 367 g/mol. The van der Waals surface area contributed by atoms with Crippen molar-refractivity contribution in [1.82, 2.24) is 5.16 Å². The molecule has 8 nitrogen and oxygen atoms in total. The topological polar surface area (TPSA) is 99.9 Å². The smallest absolute Gasteiger partial charge is 0.339 e. The van der Waals surface area contributed by atoms with Gasteiger partial charge >= 0.3 is 5.97 Å². The number of rotatable bonds is 4. The number of fused-ring (bicyclic) bond motifs is 1. The van der Waals surface area contributed by atoms with Gasteiger partial charge in [0.15, 0.2) is 17.6 Å². The highest BCUT2D eigenvalue weighted by Gasteiger charge is 2.23. The second kappa shape index (κ2) is 7.02. The Bertz CT molecular complexity index is 819. The van der Waals surface area contributed by atoms with E-state index in [1.54, 1.807) is 13.0 Å². The van der Waals surface area contributed by atoms with Gasteiger partial charge in [-0.1, -0.05) is 16.8 Å². The summed E-state index contributed by atoms with van der Waals surface area (Å²) < 4.78 is 20.8. The lowest BCUT2D eigenvalue weighted by atomic mass is 10.2. The fraction of sp³-hybridized carbons (Fsp3) is 0.312. The second-order valence-electron chi connectivity index (χ2n) is 5.35. The van der Waals surface area contributed by atoms with Crippen molar-refractivity contribution in [3.8, 4) is 11.5 Å². The van der Waals surface area contributed by atoms with Gasteiger partial charge in [-0.3, -0.25) is 10.1 Å². The Labute approximate surface area is 148 Å². The highest BCUT2D eigenvalue weighted by Crippen LogP contribution is 2.38. The summed E-state index contributed by atoms with van der Waals surface area (Å²) in [6.45, 7) is 3.90. The molecule has 1 N–H and O–H groups in total. The largest absolute Gasteiger partial charge is 0.486 e. The molecule has 3 rings (SSSR count). The minimum atomic E-state index is -1.05. The highest BCUT2D eigenvalue weighted by atomic mass is 35.5. The van der Waals surface area contributed by atoms with Gasteiger partial charge in [-0.05, 0) is 26.0 Å². The Morgan fingerprint density at radius 2 is 2.04 bits per heavy atom. The Morgan fingerprint density at radius 1 is 1.28 bits per heavy atom. The van der Waals surface area contributed by atoms with Crippen molar-refractivity contribution in [2.75, 3.05) is 18.5 Å². The first-order valence-electron chi connectivity index (χ1n) is 7.48. The molecule has 0 saturated carbocycles. The number of hydrogen-bond acceptors (Lipinski definition) is 7. The van der Waals surface area contributed by atoms with Crippen LogP contribution < -0.4 is 14.8 Å². The molecule has 1 aliphatic rings. The van der Waals surface area contributed by atoms with Crippen LogP contribution in [0, 0.1) is 6.92 Å². The molecule has 0 bridgehead atoms. The quantitative estimate of drug-likeness (QED) is 0.830. The van der Waals surface area contributed by atoms with Gasteiger partial charge in [0.05, 0.1) is 16.3 Å². The number of carbonyl (C=O) groups excluding carboxylic acids is 2. The molecule has 1 atom stereocenters. The molecule has 0 radical (unpaired) electrons. The molecule has 0 spiro atoms. The van der Waals surface area contributed by atoms with Gasteiger partial charge in [-0.15, -0.1) is 0 Å². The summed E-state index contributed by atoms with van der Waals surface area (Å²) in [7, 11) is 0. The Morgan fingerprint density at radius 3 is 2.76 bits per heavy atom. The maximum atomic E-state index is 12.3. The molecule has 1 aromatic heterocycles. The molecule has 1 aliphatic heterocycles. The number of halogens is 1. The number of nitrogens with zero attached hydrogens (tertiary/aromatic N) is 1. The maximum Gasteiger partial charge on any atom is 0.339 e. The van der Waals surface area contributed by atoms with Crippen molar-refractivity contribution in [2.45, 2.75) is 20.0 Å². The summed E-state index contributed by atoms with van der Waals surface area (Å²) in [6.07, 6.45) is -1.05. The van der Waals surface area contributed by atoms with Crippen LogP contribution in [0.3, 0.4) is 0 Å². The number of anilines is 1. The Balaban J connectivity index is 1.67. The molecule has 0 fully saturated rings. The molecular formula is C16H15ClN2O6. The molecular weight excluding hydrogens is 352 g/mol. The van der Waals surface area contributed by atoms with Gasteiger partial charge in [-0.25, -0.2) is 4.79 Å². The summed E-state index contributed by atoms with van der Waals surface area (Å²) in [6, 6.07) is 4.42. The number of hydrogen-bond donors (Lipinski definition) is 1. The maximum absolute atomic E-state index is 12.3. The first-order valence-corrected chi connectivity index (χ1v) is 7.86. The minimum Gasteiger partial charge on any atom is -0.486 e. The van der Waals surface area contributed by atoms with Crippen molar-refractivity contribution >= 4 is 29.4 Å². The van der Waals surface area contributed by atoms with Crippen LogP contribution in [0.5, 0.6) is 11.5 Å². The van der Waals surface area contributed by atoms with E-state index in [0.29, 0.717) is 30.4 Å². The van der Waals surface area contributed by atoms with Crippen molar-refractivity contribution in [3.05, 3.63) is 34.5 Å². The molecule has 9 heteroatoms. The van der Waals surface area contributed by atoms with Crippen LogP contribution in [0.25, 0.3) is 0 Å². The number of ether oxygens (including phenoxy) is 3. The van der Waals surface area contributed by atoms with Crippen molar-refractivity contribution in [1.29, 1.82) is 0 Å². The SMILES string of the molecule is Cc1cc(NC(=O)C(C)OC(=O)c2cc(Cl)c3c(c2)OCCO3)on1. The summed E-state index contributed by atoms with van der Waals surface area (Å²) >= 11 is 6.09. The lowest BCUT2D eigenvalue weighted by molar-refractivity contribution is -0.123. The molecule has 2 aromatic rings. The van der Waals surface area contributed by atoms with Gasteiger partial charge in [-0.2, -0.15) is 0 Å². The number of amides is 1. The number of benzene rings is 1.